The summed E-state index contributed by atoms with van der Waals surface area (Å²) >= 11 is 13.1. The number of hydrogen-bond donors (Lipinski definition) is 0. The second-order valence-electron chi connectivity index (χ2n) is 1.66. The third kappa shape index (κ3) is 1.54. The summed E-state index contributed by atoms with van der Waals surface area (Å²) in [6.07, 6.45) is 0. The van der Waals surface area contributed by atoms with Crippen molar-refractivity contribution in [2.75, 3.05) is 0 Å². The van der Waals surface area contributed by atoms with Gasteiger partial charge in [-0.3, -0.25) is 0 Å². The van der Waals surface area contributed by atoms with Gasteiger partial charge in [-0.05, 0) is 34.7 Å². The highest BCUT2D eigenvalue weighted by molar-refractivity contribution is 14.1. The Bertz CT molecular complexity index is 235. The summed E-state index contributed by atoms with van der Waals surface area (Å²) < 4.78 is 13.3. The molecular formula is C6H2Cl2FI. The van der Waals surface area contributed by atoms with Gasteiger partial charge in [-0.2, -0.15) is 0 Å². The predicted octanol–water partition coefficient (Wildman–Crippen LogP) is 3.74. The molecule has 0 aliphatic rings. The van der Waals surface area contributed by atoms with Crippen LogP contribution in [-0.4, -0.2) is 0 Å². The Morgan fingerprint density at radius 3 is 2.30 bits per heavy atom. The minimum atomic E-state index is -0.480. The van der Waals surface area contributed by atoms with Crippen molar-refractivity contribution < 1.29 is 4.39 Å². The average molecular weight is 291 g/mol. The Morgan fingerprint density at radius 2 is 1.80 bits per heavy atom. The van der Waals surface area contributed by atoms with Crippen molar-refractivity contribution in [2.24, 2.45) is 0 Å². The van der Waals surface area contributed by atoms with Crippen LogP contribution in [0.25, 0.3) is 0 Å². The van der Waals surface area contributed by atoms with Crippen LogP contribution in [0, 0.1) is 9.39 Å². The Labute approximate surface area is 81.5 Å². The van der Waals surface area contributed by atoms with Crippen LogP contribution in [0.5, 0.6) is 0 Å². The molecule has 0 spiro atoms. The van der Waals surface area contributed by atoms with Gasteiger partial charge in [0.05, 0.1) is 10.0 Å². The van der Waals surface area contributed by atoms with Crippen LogP contribution in [0.15, 0.2) is 12.1 Å². The van der Waals surface area contributed by atoms with Gasteiger partial charge < -0.3 is 0 Å². The molecule has 0 aliphatic carbocycles. The Morgan fingerprint density at radius 1 is 1.20 bits per heavy atom. The van der Waals surface area contributed by atoms with Crippen molar-refractivity contribution in [3.05, 3.63) is 31.6 Å². The summed E-state index contributed by atoms with van der Waals surface area (Å²) in [7, 11) is 0. The van der Waals surface area contributed by atoms with Crippen LogP contribution in [0.1, 0.15) is 0 Å². The molecule has 54 valence electrons. The van der Waals surface area contributed by atoms with Gasteiger partial charge in [0.2, 0.25) is 0 Å². The minimum absolute atomic E-state index is 0.00596. The van der Waals surface area contributed by atoms with Crippen LogP contribution < -0.4 is 0 Å². The van der Waals surface area contributed by atoms with E-state index in [1.54, 1.807) is 6.07 Å². The summed E-state index contributed by atoms with van der Waals surface area (Å²) in [5.41, 5.74) is 0. The maximum atomic E-state index is 12.5. The zero-order valence-electron chi connectivity index (χ0n) is 4.67. The van der Waals surface area contributed by atoms with Crippen molar-refractivity contribution in [1.82, 2.24) is 0 Å². The van der Waals surface area contributed by atoms with E-state index in [0.29, 0.717) is 0 Å². The number of benzene rings is 1. The first-order chi connectivity index (χ1) is 4.63. The van der Waals surface area contributed by atoms with E-state index in [9.17, 15) is 4.39 Å². The standard InChI is InChI=1S/C6H2Cl2FI/c7-5-3(9)1-2-4(10)6(5)8/h1-2H. The molecule has 0 saturated carbocycles. The largest absolute Gasteiger partial charge is 0.205 e. The van der Waals surface area contributed by atoms with E-state index >= 15 is 0 Å². The molecule has 1 aromatic rings. The third-order valence-corrected chi connectivity index (χ3v) is 3.06. The summed E-state index contributed by atoms with van der Waals surface area (Å²) in [5.74, 6) is -0.480. The molecule has 0 nitrogen and oxygen atoms in total. The van der Waals surface area contributed by atoms with E-state index < -0.39 is 5.82 Å². The lowest BCUT2D eigenvalue weighted by Crippen LogP contribution is -1.80. The molecular weight excluding hydrogens is 289 g/mol. The highest BCUT2D eigenvalue weighted by Crippen LogP contribution is 2.28. The maximum absolute atomic E-state index is 12.5. The normalized spacial score (nSPS) is 10.0. The number of rotatable bonds is 0. The third-order valence-electron chi connectivity index (χ3n) is 0.988. The molecule has 1 rings (SSSR count). The zero-order valence-corrected chi connectivity index (χ0v) is 8.34. The number of hydrogen-bond acceptors (Lipinski definition) is 0. The first-order valence-electron chi connectivity index (χ1n) is 2.42. The Balaban J connectivity index is 3.34. The van der Waals surface area contributed by atoms with Crippen LogP contribution in [-0.2, 0) is 0 Å². The first-order valence-corrected chi connectivity index (χ1v) is 4.25. The lowest BCUT2D eigenvalue weighted by molar-refractivity contribution is 0.628. The van der Waals surface area contributed by atoms with E-state index in [1.807, 2.05) is 22.6 Å². The summed E-state index contributed by atoms with van der Waals surface area (Å²) in [6, 6.07) is 2.86. The minimum Gasteiger partial charge on any atom is -0.205 e. The Hall–Kier alpha value is 0.460. The number of halogens is 4. The molecule has 0 unspecified atom stereocenters. The van der Waals surface area contributed by atoms with Crippen molar-refractivity contribution in [1.29, 1.82) is 0 Å². The fourth-order valence-electron chi connectivity index (χ4n) is 0.502. The Kier molecular flexibility index (Phi) is 2.77. The fraction of sp³-hybridized carbons (Fsp3) is 0. The van der Waals surface area contributed by atoms with Gasteiger partial charge in [0.15, 0.2) is 0 Å². The molecule has 4 heteroatoms. The molecule has 0 N–H and O–H groups in total. The zero-order chi connectivity index (χ0) is 7.72. The van der Waals surface area contributed by atoms with Crippen LogP contribution >= 0.6 is 45.8 Å². The fourth-order valence-corrected chi connectivity index (χ4v) is 1.43. The molecule has 0 aromatic heterocycles. The van der Waals surface area contributed by atoms with Crippen molar-refractivity contribution in [3.63, 3.8) is 0 Å². The molecule has 0 aliphatic heterocycles. The molecule has 0 amide bonds. The summed E-state index contributed by atoms with van der Waals surface area (Å²) in [4.78, 5) is 0. The molecule has 10 heavy (non-hydrogen) atoms. The monoisotopic (exact) mass is 290 g/mol. The quantitative estimate of drug-likeness (QED) is 0.388. The van der Waals surface area contributed by atoms with Gasteiger partial charge in [0.25, 0.3) is 0 Å². The predicted molar refractivity (Wildman–Crippen MR) is 49.1 cm³/mol. The van der Waals surface area contributed by atoms with Gasteiger partial charge in [-0.15, -0.1) is 0 Å². The van der Waals surface area contributed by atoms with Crippen LogP contribution in [0.4, 0.5) is 4.39 Å². The van der Waals surface area contributed by atoms with Crippen LogP contribution in [0.3, 0.4) is 0 Å². The maximum Gasteiger partial charge on any atom is 0.143 e. The highest BCUT2D eigenvalue weighted by Gasteiger charge is 2.06. The van der Waals surface area contributed by atoms with Gasteiger partial charge in [0.1, 0.15) is 5.82 Å². The molecule has 0 fully saturated rings. The lowest BCUT2D eigenvalue weighted by Gasteiger charge is -1.97. The molecule has 0 atom stereocenters. The second-order valence-corrected chi connectivity index (χ2v) is 3.58. The molecule has 1 aromatic carbocycles. The first kappa shape index (κ1) is 8.56. The van der Waals surface area contributed by atoms with Gasteiger partial charge >= 0.3 is 0 Å². The summed E-state index contributed by atoms with van der Waals surface area (Å²) in [5, 5.41) is 0.274. The molecule has 0 saturated heterocycles. The van der Waals surface area contributed by atoms with E-state index in [-0.39, 0.29) is 10.0 Å². The topological polar surface area (TPSA) is 0 Å². The van der Waals surface area contributed by atoms with Crippen molar-refractivity contribution in [3.8, 4) is 0 Å². The SMILES string of the molecule is Fc1ccc(I)c(Cl)c1Cl. The van der Waals surface area contributed by atoms with Crippen LogP contribution in [0.2, 0.25) is 10.0 Å². The highest BCUT2D eigenvalue weighted by atomic mass is 127. The van der Waals surface area contributed by atoms with Gasteiger partial charge in [-0.1, -0.05) is 23.2 Å². The molecule has 0 radical (unpaired) electrons. The molecule has 0 heterocycles. The van der Waals surface area contributed by atoms with Gasteiger partial charge in [-0.25, -0.2) is 4.39 Å². The van der Waals surface area contributed by atoms with Gasteiger partial charge in [0, 0.05) is 3.57 Å². The summed E-state index contributed by atoms with van der Waals surface area (Å²) in [6.45, 7) is 0. The lowest BCUT2D eigenvalue weighted by atomic mass is 10.3. The second kappa shape index (κ2) is 3.24. The van der Waals surface area contributed by atoms with E-state index in [4.69, 9.17) is 23.2 Å². The van der Waals surface area contributed by atoms with Crippen molar-refractivity contribution >= 4 is 45.8 Å². The van der Waals surface area contributed by atoms with E-state index in [1.165, 1.54) is 6.07 Å². The van der Waals surface area contributed by atoms with E-state index in [2.05, 4.69) is 0 Å². The molecule has 0 bridgehead atoms. The smallest absolute Gasteiger partial charge is 0.143 e. The van der Waals surface area contributed by atoms with E-state index in [0.717, 1.165) is 3.57 Å². The average Bonchev–Trinajstić information content (AvgIpc) is 1.93. The van der Waals surface area contributed by atoms with Crippen molar-refractivity contribution in [2.45, 2.75) is 0 Å².